The molecule has 0 spiro atoms. The van der Waals surface area contributed by atoms with Gasteiger partial charge in [-0.3, -0.25) is 9.48 Å². The summed E-state index contributed by atoms with van der Waals surface area (Å²) in [7, 11) is 1.84. The molecule has 5 nitrogen and oxygen atoms in total. The zero-order valence-corrected chi connectivity index (χ0v) is 13.4. The molecule has 1 amide bonds. The molecule has 2 heterocycles. The summed E-state index contributed by atoms with van der Waals surface area (Å²) in [5.74, 6) is -0.126. The molecule has 1 fully saturated rings. The van der Waals surface area contributed by atoms with Crippen molar-refractivity contribution in [2.45, 2.75) is 13.8 Å². The highest BCUT2D eigenvalue weighted by Gasteiger charge is 2.24. The van der Waals surface area contributed by atoms with Crippen LogP contribution in [0.3, 0.4) is 0 Å². The van der Waals surface area contributed by atoms with Crippen LogP contribution in [0.2, 0.25) is 0 Å². The number of carbonyl (C=O) groups is 1. The molecule has 1 aliphatic rings. The lowest BCUT2D eigenvalue weighted by atomic mass is 10.1. The molecule has 0 bridgehead atoms. The molecule has 6 heteroatoms. The maximum Gasteiger partial charge on any atom is 0.264 e. The van der Waals surface area contributed by atoms with Gasteiger partial charge in [0, 0.05) is 18.8 Å². The van der Waals surface area contributed by atoms with Gasteiger partial charge in [0.2, 0.25) is 0 Å². The van der Waals surface area contributed by atoms with Gasteiger partial charge in [0.15, 0.2) is 5.17 Å². The first-order valence-corrected chi connectivity index (χ1v) is 7.69. The highest BCUT2D eigenvalue weighted by atomic mass is 32.2. The van der Waals surface area contributed by atoms with Gasteiger partial charge in [0.25, 0.3) is 5.91 Å². The van der Waals surface area contributed by atoms with Gasteiger partial charge in [0.1, 0.15) is 0 Å². The molecule has 112 valence electrons. The molecule has 0 unspecified atom stereocenters. The normalized spacial score (nSPS) is 18.2. The first-order chi connectivity index (χ1) is 10.5. The Balaban J connectivity index is 1.88. The highest BCUT2D eigenvalue weighted by Crippen LogP contribution is 2.30. The molecule has 1 aromatic carbocycles. The summed E-state index contributed by atoms with van der Waals surface area (Å²) in [4.78, 5) is 17.3. The summed E-state index contributed by atoms with van der Waals surface area (Å²) >= 11 is 1.35. The van der Waals surface area contributed by atoms with Crippen LogP contribution in [0.1, 0.15) is 16.7 Å². The molecule has 1 aliphatic heterocycles. The maximum absolute atomic E-state index is 12.0. The summed E-state index contributed by atoms with van der Waals surface area (Å²) in [6.07, 6.45) is 5.41. The average Bonchev–Trinajstić information content (AvgIpc) is 3.01. The number of hydrogen-bond donors (Lipinski definition) is 1. The van der Waals surface area contributed by atoms with E-state index in [1.165, 1.54) is 11.8 Å². The summed E-state index contributed by atoms with van der Waals surface area (Å²) in [6, 6.07) is 6.03. The number of carbonyl (C=O) groups excluding carboxylic acids is 1. The summed E-state index contributed by atoms with van der Waals surface area (Å²) in [5.41, 5.74) is 3.99. The molecular weight excluding hydrogens is 296 g/mol. The van der Waals surface area contributed by atoms with Crippen molar-refractivity contribution in [3.63, 3.8) is 0 Å². The highest BCUT2D eigenvalue weighted by molar-refractivity contribution is 8.18. The van der Waals surface area contributed by atoms with Crippen molar-refractivity contribution >= 4 is 34.6 Å². The SMILES string of the molecule is Cc1cccc(C)c1N=C1NC(=O)/C(=C\c2cnn(C)c2)S1. The molecule has 0 atom stereocenters. The van der Waals surface area contributed by atoms with Gasteiger partial charge in [-0.05, 0) is 42.8 Å². The topological polar surface area (TPSA) is 59.3 Å². The molecule has 22 heavy (non-hydrogen) atoms. The largest absolute Gasteiger partial charge is 0.300 e. The van der Waals surface area contributed by atoms with Gasteiger partial charge in [0.05, 0.1) is 16.8 Å². The van der Waals surface area contributed by atoms with Gasteiger partial charge >= 0.3 is 0 Å². The third kappa shape index (κ3) is 2.96. The summed E-state index contributed by atoms with van der Waals surface area (Å²) in [6.45, 7) is 4.03. The van der Waals surface area contributed by atoms with Crippen molar-refractivity contribution < 1.29 is 4.79 Å². The number of rotatable bonds is 2. The molecule has 1 saturated heterocycles. The van der Waals surface area contributed by atoms with E-state index in [9.17, 15) is 4.79 Å². The van der Waals surface area contributed by atoms with Crippen LogP contribution in [0, 0.1) is 13.8 Å². The number of benzene rings is 1. The van der Waals surface area contributed by atoms with Crippen LogP contribution in [-0.2, 0) is 11.8 Å². The van der Waals surface area contributed by atoms with Gasteiger partial charge in [-0.2, -0.15) is 5.10 Å². The van der Waals surface area contributed by atoms with E-state index >= 15 is 0 Å². The van der Waals surface area contributed by atoms with Crippen LogP contribution < -0.4 is 5.32 Å². The Morgan fingerprint density at radius 2 is 2.05 bits per heavy atom. The Kier molecular flexibility index (Phi) is 3.85. The molecular formula is C16H16N4OS. The number of amides is 1. The second-order valence-corrected chi connectivity index (χ2v) is 6.20. The lowest BCUT2D eigenvalue weighted by molar-refractivity contribution is -0.115. The second-order valence-electron chi connectivity index (χ2n) is 5.17. The third-order valence-electron chi connectivity index (χ3n) is 3.33. The van der Waals surface area contributed by atoms with E-state index in [-0.39, 0.29) is 5.91 Å². The summed E-state index contributed by atoms with van der Waals surface area (Å²) < 4.78 is 1.70. The maximum atomic E-state index is 12.0. The zero-order valence-electron chi connectivity index (χ0n) is 12.6. The molecule has 1 aromatic heterocycles. The van der Waals surface area contributed by atoms with Gasteiger partial charge in [-0.1, -0.05) is 18.2 Å². The smallest absolute Gasteiger partial charge is 0.264 e. The fraction of sp³-hybridized carbons (Fsp3) is 0.188. The Morgan fingerprint density at radius 1 is 1.32 bits per heavy atom. The molecule has 0 aliphatic carbocycles. The summed E-state index contributed by atoms with van der Waals surface area (Å²) in [5, 5.41) is 7.52. The molecule has 0 radical (unpaired) electrons. The number of thioether (sulfide) groups is 1. The van der Waals surface area contributed by atoms with E-state index in [4.69, 9.17) is 0 Å². The number of nitrogens with one attached hydrogen (secondary N) is 1. The Hall–Kier alpha value is -2.34. The fourth-order valence-electron chi connectivity index (χ4n) is 2.23. The first kappa shape index (κ1) is 14.6. The lowest BCUT2D eigenvalue weighted by Gasteiger charge is -2.04. The monoisotopic (exact) mass is 312 g/mol. The van der Waals surface area contributed by atoms with E-state index in [1.807, 2.05) is 51.4 Å². The Morgan fingerprint density at radius 3 is 2.68 bits per heavy atom. The van der Waals surface area contributed by atoms with Crippen LogP contribution in [0.15, 0.2) is 40.5 Å². The average molecular weight is 312 g/mol. The number of aryl methyl sites for hydroxylation is 3. The predicted octanol–water partition coefficient (Wildman–Crippen LogP) is 2.93. The minimum Gasteiger partial charge on any atom is -0.300 e. The van der Waals surface area contributed by atoms with Crippen molar-refractivity contribution in [3.05, 3.63) is 52.2 Å². The van der Waals surface area contributed by atoms with Crippen LogP contribution in [-0.4, -0.2) is 20.9 Å². The number of nitrogens with zero attached hydrogens (tertiary/aromatic N) is 3. The van der Waals surface area contributed by atoms with Crippen molar-refractivity contribution in [1.29, 1.82) is 0 Å². The standard InChI is InChI=1S/C16H16N4OS/c1-10-5-4-6-11(2)14(10)18-16-19-15(21)13(22-16)7-12-8-17-20(3)9-12/h4-9H,1-3H3,(H,18,19,21)/b13-7+. The third-order valence-corrected chi connectivity index (χ3v) is 4.24. The fourth-order valence-corrected chi connectivity index (χ4v) is 3.06. The van der Waals surface area contributed by atoms with Crippen molar-refractivity contribution in [3.8, 4) is 0 Å². The van der Waals surface area contributed by atoms with Crippen LogP contribution >= 0.6 is 11.8 Å². The number of aliphatic imine (C=N–C) groups is 1. The quantitative estimate of drug-likeness (QED) is 0.867. The lowest BCUT2D eigenvalue weighted by Crippen LogP contribution is -2.19. The number of para-hydroxylation sites is 1. The minimum atomic E-state index is -0.126. The Labute approximate surface area is 133 Å². The zero-order chi connectivity index (χ0) is 15.7. The van der Waals surface area contributed by atoms with Crippen molar-refractivity contribution in [1.82, 2.24) is 15.1 Å². The number of aromatic nitrogens is 2. The number of hydrogen-bond acceptors (Lipinski definition) is 4. The minimum absolute atomic E-state index is 0.126. The molecule has 3 rings (SSSR count). The van der Waals surface area contributed by atoms with Crippen LogP contribution in [0.25, 0.3) is 6.08 Å². The van der Waals surface area contributed by atoms with E-state index in [1.54, 1.807) is 10.9 Å². The van der Waals surface area contributed by atoms with Crippen LogP contribution in [0.4, 0.5) is 5.69 Å². The van der Waals surface area contributed by atoms with Crippen molar-refractivity contribution in [2.75, 3.05) is 0 Å². The molecule has 1 N–H and O–H groups in total. The molecule has 2 aromatic rings. The van der Waals surface area contributed by atoms with Crippen LogP contribution in [0.5, 0.6) is 0 Å². The molecule has 0 saturated carbocycles. The van der Waals surface area contributed by atoms with E-state index in [0.717, 1.165) is 22.4 Å². The van der Waals surface area contributed by atoms with E-state index < -0.39 is 0 Å². The van der Waals surface area contributed by atoms with Gasteiger partial charge < -0.3 is 5.32 Å². The second kappa shape index (κ2) is 5.81. The van der Waals surface area contributed by atoms with E-state index in [0.29, 0.717) is 10.1 Å². The van der Waals surface area contributed by atoms with Crippen molar-refractivity contribution in [2.24, 2.45) is 12.0 Å². The predicted molar refractivity (Wildman–Crippen MR) is 89.9 cm³/mol. The van der Waals surface area contributed by atoms with E-state index in [2.05, 4.69) is 15.4 Å². The first-order valence-electron chi connectivity index (χ1n) is 6.87. The van der Waals surface area contributed by atoms with Gasteiger partial charge in [-0.25, -0.2) is 4.99 Å². The Bertz CT molecular complexity index is 784. The van der Waals surface area contributed by atoms with Gasteiger partial charge in [-0.15, -0.1) is 0 Å². The number of amidine groups is 1.